The number of hydrogen-bond donors (Lipinski definition) is 3. The lowest BCUT2D eigenvalue weighted by Crippen LogP contribution is -2.37. The van der Waals surface area contributed by atoms with Gasteiger partial charge in [0.05, 0.1) is 24.5 Å². The first-order valence-corrected chi connectivity index (χ1v) is 19.1. The second kappa shape index (κ2) is 20.2. The lowest BCUT2D eigenvalue weighted by atomic mass is 9.98. The average molecular weight is 725 g/mol. The Morgan fingerprint density at radius 2 is 1.45 bits per heavy atom. The molecule has 1 aliphatic heterocycles. The van der Waals surface area contributed by atoms with Gasteiger partial charge in [-0.1, -0.05) is 92.8 Å². The number of rotatable bonds is 10. The van der Waals surface area contributed by atoms with Gasteiger partial charge in [-0.2, -0.15) is 5.10 Å². The molecule has 16 heteroatoms. The molecule has 1 unspecified atom stereocenters. The number of thioether (sulfide) groups is 2. The number of anilines is 1. The summed E-state index contributed by atoms with van der Waals surface area (Å²) >= 11 is 2.25. The number of nitrogens with two attached hydrogens (primary N) is 1. The molecule has 47 heavy (non-hydrogen) atoms. The molecule has 13 nitrogen and oxygen atoms in total. The third-order valence-corrected chi connectivity index (χ3v) is 10.1. The number of aliphatic hydroxyl groups excluding tert-OH is 2. The van der Waals surface area contributed by atoms with Crippen LogP contribution in [0.4, 0.5) is 5.82 Å². The predicted molar refractivity (Wildman–Crippen MR) is 190 cm³/mol. The smallest absolute Gasteiger partial charge is 0.387 e. The van der Waals surface area contributed by atoms with Crippen molar-refractivity contribution in [2.75, 3.05) is 37.6 Å². The number of nitrogen functional groups attached to an aromatic ring is 1. The van der Waals surface area contributed by atoms with E-state index < -0.39 is 42.6 Å². The lowest BCUT2D eigenvalue weighted by molar-refractivity contribution is -0.118. The molecule has 0 spiro atoms. The molecular weight excluding hydrogens is 667 g/mol. The number of nitrogens with zero attached hydrogens (tertiary/aromatic N) is 3. The van der Waals surface area contributed by atoms with Gasteiger partial charge in [0.25, 0.3) is 0 Å². The van der Waals surface area contributed by atoms with Gasteiger partial charge in [-0.25, -0.2) is 14.1 Å². The minimum Gasteiger partial charge on any atom is -0.387 e. The zero-order valence-corrected chi connectivity index (χ0v) is 32.8. The van der Waals surface area contributed by atoms with Gasteiger partial charge in [0, 0.05) is 29.4 Å². The minimum atomic E-state index is -3.65. The van der Waals surface area contributed by atoms with E-state index >= 15 is 0 Å². The summed E-state index contributed by atoms with van der Waals surface area (Å²) < 4.78 is 34.7. The number of hydrogen-bond acceptors (Lipinski definition) is 14. The molecule has 0 aromatic carbocycles. The van der Waals surface area contributed by atoms with E-state index in [2.05, 4.69) is 10.1 Å². The monoisotopic (exact) mass is 724 g/mol. The maximum atomic E-state index is 12.2. The molecule has 3 rings (SSSR count). The first-order valence-electron chi connectivity index (χ1n) is 15.6. The quantitative estimate of drug-likeness (QED) is 0.183. The number of phosphoric ester groups is 1. The van der Waals surface area contributed by atoms with Gasteiger partial charge >= 0.3 is 7.82 Å². The molecule has 0 radical (unpaired) electrons. The highest BCUT2D eigenvalue weighted by Crippen LogP contribution is 2.48. The summed E-state index contributed by atoms with van der Waals surface area (Å²) in [5.41, 5.74) is 5.38. The summed E-state index contributed by atoms with van der Waals surface area (Å²) in [6.45, 7) is 22.6. The van der Waals surface area contributed by atoms with Crippen LogP contribution in [0, 0.1) is 10.8 Å². The fourth-order valence-electron chi connectivity index (χ4n) is 3.61. The lowest BCUT2D eigenvalue weighted by Gasteiger charge is -2.21. The van der Waals surface area contributed by atoms with Crippen molar-refractivity contribution in [2.45, 2.75) is 107 Å². The van der Waals surface area contributed by atoms with Crippen LogP contribution in [0.2, 0.25) is 0 Å². The second-order valence-electron chi connectivity index (χ2n) is 12.3. The molecule has 3 atom stereocenters. The molecule has 1 aliphatic rings. The van der Waals surface area contributed by atoms with E-state index in [9.17, 15) is 24.4 Å². The van der Waals surface area contributed by atoms with Crippen molar-refractivity contribution in [3.8, 4) is 0 Å². The Bertz CT molecular complexity index is 1260. The fraction of sp³-hybridized carbons (Fsp3) is 0.742. The highest BCUT2D eigenvalue weighted by molar-refractivity contribution is 8.14. The van der Waals surface area contributed by atoms with Crippen LogP contribution in [0.1, 0.15) is 94.9 Å². The molecule has 1 fully saturated rings. The normalized spacial score (nSPS) is 19.1. The molecule has 0 saturated carbocycles. The van der Waals surface area contributed by atoms with Crippen LogP contribution in [0.15, 0.2) is 18.5 Å². The second-order valence-corrected chi connectivity index (χ2v) is 16.3. The fourth-order valence-corrected chi connectivity index (χ4v) is 6.34. The predicted octanol–water partition coefficient (Wildman–Crippen LogP) is 6.32. The molecule has 4 N–H and O–H groups in total. The SMILES string of the molecule is CC.CC.CC1(C)OC(c2ccc3c(N)ncnn23)[C@H](O)[C@@H]1O.COP(=O)(OCCSC(=O)C(C)(C)C)OCCSC(=O)C(C)(C)C. The first kappa shape index (κ1) is 45.5. The molecule has 0 bridgehead atoms. The number of carbonyl (C=O) groups is 2. The van der Waals surface area contributed by atoms with Gasteiger partial charge in [0.1, 0.15) is 30.2 Å². The van der Waals surface area contributed by atoms with E-state index in [1.165, 1.54) is 13.4 Å². The first-order chi connectivity index (χ1) is 21.7. The Balaban J connectivity index is 0.000000825. The van der Waals surface area contributed by atoms with Gasteiger partial charge in [0.15, 0.2) is 16.0 Å². The summed E-state index contributed by atoms with van der Waals surface area (Å²) in [7, 11) is -2.41. The molecule has 1 saturated heterocycles. The molecule has 0 aliphatic carbocycles. The van der Waals surface area contributed by atoms with Crippen LogP contribution in [0.3, 0.4) is 0 Å². The minimum absolute atomic E-state index is 0.0383. The number of carbonyl (C=O) groups excluding carboxylic acids is 2. The van der Waals surface area contributed by atoms with E-state index in [-0.39, 0.29) is 23.4 Å². The summed E-state index contributed by atoms with van der Waals surface area (Å²) in [6.07, 6.45) is -1.28. The number of ether oxygens (including phenoxy) is 1. The average Bonchev–Trinajstić information content (AvgIpc) is 3.53. The van der Waals surface area contributed by atoms with E-state index in [1.54, 1.807) is 30.5 Å². The van der Waals surface area contributed by atoms with Crippen LogP contribution in [0.5, 0.6) is 0 Å². The third kappa shape index (κ3) is 14.1. The highest BCUT2D eigenvalue weighted by atomic mass is 32.2. The largest absolute Gasteiger partial charge is 0.474 e. The van der Waals surface area contributed by atoms with Crippen molar-refractivity contribution < 1.29 is 42.7 Å². The van der Waals surface area contributed by atoms with Crippen LogP contribution in [-0.2, 0) is 32.5 Å². The van der Waals surface area contributed by atoms with E-state index in [4.69, 9.17) is 24.0 Å². The van der Waals surface area contributed by atoms with Crippen molar-refractivity contribution in [1.82, 2.24) is 14.6 Å². The van der Waals surface area contributed by atoms with Crippen LogP contribution < -0.4 is 5.73 Å². The molecule has 2 aromatic heterocycles. The van der Waals surface area contributed by atoms with E-state index in [0.29, 0.717) is 28.5 Å². The maximum absolute atomic E-state index is 12.2. The third-order valence-electron chi connectivity index (χ3n) is 6.16. The van der Waals surface area contributed by atoms with Crippen molar-refractivity contribution in [1.29, 1.82) is 0 Å². The van der Waals surface area contributed by atoms with Gasteiger partial charge in [-0.15, -0.1) is 0 Å². The zero-order chi connectivity index (χ0) is 36.8. The topological polar surface area (TPSA) is 185 Å². The summed E-state index contributed by atoms with van der Waals surface area (Å²) in [4.78, 5) is 27.4. The van der Waals surface area contributed by atoms with E-state index in [0.717, 1.165) is 23.5 Å². The number of phosphoric acid groups is 1. The van der Waals surface area contributed by atoms with Crippen molar-refractivity contribution >= 4 is 52.9 Å². The number of fused-ring (bicyclic) bond motifs is 1. The van der Waals surface area contributed by atoms with Crippen LogP contribution in [0.25, 0.3) is 5.52 Å². The Labute approximate surface area is 289 Å². The molecule has 2 aromatic rings. The van der Waals surface area contributed by atoms with Gasteiger partial charge in [-0.05, 0) is 26.0 Å². The van der Waals surface area contributed by atoms with Crippen LogP contribution >= 0.6 is 31.3 Å². The Hall–Kier alpha value is -1.55. The molecule has 272 valence electrons. The van der Waals surface area contributed by atoms with Gasteiger partial charge in [0.2, 0.25) is 0 Å². The van der Waals surface area contributed by atoms with Gasteiger partial charge in [-0.3, -0.25) is 23.2 Å². The highest BCUT2D eigenvalue weighted by Gasteiger charge is 2.49. The zero-order valence-electron chi connectivity index (χ0n) is 30.2. The molecule has 3 heterocycles. The maximum Gasteiger partial charge on any atom is 0.474 e. The number of aromatic nitrogens is 3. The number of aliphatic hydroxyl groups is 2. The van der Waals surface area contributed by atoms with Crippen molar-refractivity contribution in [3.63, 3.8) is 0 Å². The molecular formula is C31H57N4O9PS2. The summed E-state index contributed by atoms with van der Waals surface area (Å²) in [5, 5.41) is 24.3. The van der Waals surface area contributed by atoms with Crippen molar-refractivity contribution in [3.05, 3.63) is 24.2 Å². The summed E-state index contributed by atoms with van der Waals surface area (Å²) in [5.74, 6) is 1.09. The van der Waals surface area contributed by atoms with Crippen molar-refractivity contribution in [2.24, 2.45) is 10.8 Å². The Morgan fingerprint density at radius 3 is 1.83 bits per heavy atom. The van der Waals surface area contributed by atoms with Crippen LogP contribution in [-0.4, -0.2) is 84.7 Å². The molecule has 0 amide bonds. The Kier molecular flexibility index (Phi) is 19.5. The standard InChI is InChI=1S/C15H29O6PS2.C12H16N4O3.2C2H6/c1-14(2,3)12(16)23-10-8-20-22(18,19-7)21-9-11-24-13(17)15(4,5)6;1-12(2)10(18)8(17)9(19-12)6-3-4-7-11(13)14-5-15-16(6)7;2*1-2/h8-11H2,1-7H3;3-5,8-10,17-18H,1-2H3,(H2,13,14,15);2*1-2H3/t;8-,9?,10-;;/m.0../s1. The summed E-state index contributed by atoms with van der Waals surface area (Å²) in [6, 6.07) is 3.53. The van der Waals surface area contributed by atoms with Gasteiger partial charge < -0.3 is 20.7 Å². The Morgan fingerprint density at radius 1 is 0.979 bits per heavy atom. The van der Waals surface area contributed by atoms with E-state index in [1.807, 2.05) is 69.2 Å².